The van der Waals surface area contributed by atoms with Gasteiger partial charge in [-0.05, 0) is 52.9 Å². The van der Waals surface area contributed by atoms with Crippen LogP contribution in [-0.2, 0) is 0 Å². The number of rotatable bonds is 12. The van der Waals surface area contributed by atoms with E-state index in [9.17, 15) is 0 Å². The average Bonchev–Trinajstić information content (AvgIpc) is 2.55. The van der Waals surface area contributed by atoms with Gasteiger partial charge in [0, 0.05) is 0 Å². The topological polar surface area (TPSA) is 6.48 Å². The van der Waals surface area contributed by atoms with E-state index in [2.05, 4.69) is 77.5 Å². The van der Waals surface area contributed by atoms with Crippen molar-refractivity contribution in [3.8, 4) is 11.8 Å². The molecule has 0 amide bonds. The Bertz CT molecular complexity index is 319. The van der Waals surface area contributed by atoms with Crippen molar-refractivity contribution in [1.82, 2.24) is 9.80 Å². The second-order valence-corrected chi connectivity index (χ2v) is 7.73. The fraction of sp³-hybridized carbons (Fsp3) is 0.909. The Morgan fingerprint density at radius 1 is 0.625 bits per heavy atom. The highest BCUT2D eigenvalue weighted by molar-refractivity contribution is 5.16. The third kappa shape index (κ3) is 8.54. The first kappa shape index (κ1) is 23.5. The minimum Gasteiger partial charge on any atom is -0.296 e. The first-order chi connectivity index (χ1) is 11.4. The molecule has 0 aromatic rings. The molecule has 0 rings (SSSR count). The number of nitrogens with zero attached hydrogens (tertiary/aromatic N) is 2. The normalized spacial score (nSPS) is 16.6. The maximum absolute atomic E-state index is 3.69. The van der Waals surface area contributed by atoms with Crippen LogP contribution in [0.2, 0.25) is 0 Å². The summed E-state index contributed by atoms with van der Waals surface area (Å²) in [6, 6.07) is 0.764. The largest absolute Gasteiger partial charge is 0.296 e. The van der Waals surface area contributed by atoms with Gasteiger partial charge in [-0.3, -0.25) is 9.80 Å². The van der Waals surface area contributed by atoms with Gasteiger partial charge < -0.3 is 0 Å². The number of hydrogen-bond donors (Lipinski definition) is 0. The minimum absolute atomic E-state index is 0.382. The lowest BCUT2D eigenvalue weighted by molar-refractivity contribution is 0.234. The predicted octanol–water partition coefficient (Wildman–Crippen LogP) is 5.28. The number of unbranched alkanes of at least 4 members (excludes halogenated alkanes) is 2. The summed E-state index contributed by atoms with van der Waals surface area (Å²) in [6.07, 6.45) is 10.2. The van der Waals surface area contributed by atoms with Crippen LogP contribution in [0, 0.1) is 23.7 Å². The molecule has 0 aromatic heterocycles. The monoisotopic (exact) mass is 336 g/mol. The maximum Gasteiger partial charge on any atom is 0.0738 e. The van der Waals surface area contributed by atoms with Gasteiger partial charge in [0.1, 0.15) is 0 Å². The first-order valence-electron chi connectivity index (χ1n) is 10.3. The molecule has 24 heavy (non-hydrogen) atoms. The van der Waals surface area contributed by atoms with E-state index in [1.165, 1.54) is 51.4 Å². The summed E-state index contributed by atoms with van der Waals surface area (Å²) in [5.74, 6) is 8.74. The molecule has 2 nitrogen and oxygen atoms in total. The minimum atomic E-state index is 0.382. The van der Waals surface area contributed by atoms with E-state index < -0.39 is 0 Å². The molecule has 142 valence electrons. The standard InChI is InChI=1S/C22H44N2/c1-9-13-15-19(11-3)21(23(5)6)17-18-22(24(7)8)20(12-4)16-14-10-2/h19-22H,9-16H2,1-8H3/t19-,20-,21-,22+/m0/s1. The Kier molecular flexibility index (Phi) is 13.4. The summed E-state index contributed by atoms with van der Waals surface area (Å²) in [4.78, 5) is 4.66. The van der Waals surface area contributed by atoms with E-state index in [4.69, 9.17) is 0 Å². The van der Waals surface area contributed by atoms with Crippen LogP contribution in [0.4, 0.5) is 0 Å². The summed E-state index contributed by atoms with van der Waals surface area (Å²) in [5.41, 5.74) is 0. The van der Waals surface area contributed by atoms with E-state index in [0.29, 0.717) is 23.9 Å². The molecule has 0 radical (unpaired) electrons. The summed E-state index contributed by atoms with van der Waals surface area (Å²) in [7, 11) is 8.75. The van der Waals surface area contributed by atoms with Gasteiger partial charge in [-0.25, -0.2) is 0 Å². The molecule has 2 heteroatoms. The molecule has 0 aliphatic carbocycles. The van der Waals surface area contributed by atoms with Crippen molar-refractivity contribution >= 4 is 0 Å². The van der Waals surface area contributed by atoms with Crippen molar-refractivity contribution < 1.29 is 0 Å². The highest BCUT2D eigenvalue weighted by Crippen LogP contribution is 2.22. The zero-order chi connectivity index (χ0) is 18.5. The fourth-order valence-electron chi connectivity index (χ4n) is 3.61. The van der Waals surface area contributed by atoms with Crippen LogP contribution in [0.5, 0.6) is 0 Å². The third-order valence-electron chi connectivity index (χ3n) is 5.29. The number of hydrogen-bond acceptors (Lipinski definition) is 2. The van der Waals surface area contributed by atoms with Crippen molar-refractivity contribution in [2.45, 2.75) is 91.1 Å². The smallest absolute Gasteiger partial charge is 0.0738 e. The molecule has 0 fully saturated rings. The Morgan fingerprint density at radius 2 is 0.958 bits per heavy atom. The molecule has 0 aromatic carbocycles. The summed E-state index contributed by atoms with van der Waals surface area (Å²) >= 11 is 0. The van der Waals surface area contributed by atoms with Crippen molar-refractivity contribution in [3.63, 3.8) is 0 Å². The lowest BCUT2D eigenvalue weighted by atomic mass is 9.88. The Labute approximate surface area is 153 Å². The van der Waals surface area contributed by atoms with Crippen LogP contribution in [0.15, 0.2) is 0 Å². The molecule has 0 saturated carbocycles. The molecule has 0 unspecified atom stereocenters. The molecule has 0 bridgehead atoms. The van der Waals surface area contributed by atoms with Gasteiger partial charge in [0.05, 0.1) is 12.1 Å². The van der Waals surface area contributed by atoms with E-state index in [1.807, 2.05) is 0 Å². The van der Waals surface area contributed by atoms with Gasteiger partial charge in [-0.15, -0.1) is 0 Å². The zero-order valence-electron chi connectivity index (χ0n) is 17.9. The SMILES string of the molecule is CCCC[C@H](CC)[C@@H](C#C[C@@H]([C@@H](CC)CCCC)N(C)C)N(C)C. The Balaban J connectivity index is 5.25. The van der Waals surface area contributed by atoms with Crippen LogP contribution in [0.3, 0.4) is 0 Å². The summed E-state index contributed by atoms with van der Waals surface area (Å²) in [6.45, 7) is 9.20. The van der Waals surface area contributed by atoms with Gasteiger partial charge in [-0.1, -0.05) is 78.1 Å². The maximum atomic E-state index is 3.69. The average molecular weight is 337 g/mol. The van der Waals surface area contributed by atoms with Gasteiger partial charge in [-0.2, -0.15) is 0 Å². The molecule has 0 heterocycles. The molecule has 0 aliphatic heterocycles. The zero-order valence-corrected chi connectivity index (χ0v) is 17.9. The van der Waals surface area contributed by atoms with Crippen molar-refractivity contribution in [2.75, 3.05) is 28.2 Å². The lowest BCUT2D eigenvalue weighted by Crippen LogP contribution is -2.37. The molecular weight excluding hydrogens is 292 g/mol. The van der Waals surface area contributed by atoms with Crippen molar-refractivity contribution in [2.24, 2.45) is 11.8 Å². The van der Waals surface area contributed by atoms with Gasteiger partial charge in [0.2, 0.25) is 0 Å². The second-order valence-electron chi connectivity index (χ2n) is 7.73. The van der Waals surface area contributed by atoms with Crippen LogP contribution in [-0.4, -0.2) is 50.1 Å². The van der Waals surface area contributed by atoms with E-state index in [1.54, 1.807) is 0 Å². The fourth-order valence-corrected chi connectivity index (χ4v) is 3.61. The van der Waals surface area contributed by atoms with E-state index in [0.717, 1.165) is 0 Å². The van der Waals surface area contributed by atoms with E-state index in [-0.39, 0.29) is 0 Å². The molecule has 4 atom stereocenters. The lowest BCUT2D eigenvalue weighted by Gasteiger charge is -2.30. The van der Waals surface area contributed by atoms with Crippen molar-refractivity contribution in [3.05, 3.63) is 0 Å². The van der Waals surface area contributed by atoms with Crippen LogP contribution in [0.1, 0.15) is 79.1 Å². The Morgan fingerprint density at radius 3 is 1.17 bits per heavy atom. The summed E-state index contributed by atoms with van der Waals surface area (Å²) < 4.78 is 0. The first-order valence-corrected chi connectivity index (χ1v) is 10.3. The Hall–Kier alpha value is -0.520. The van der Waals surface area contributed by atoms with Gasteiger partial charge in [0.15, 0.2) is 0 Å². The van der Waals surface area contributed by atoms with E-state index >= 15 is 0 Å². The highest BCUT2D eigenvalue weighted by atomic mass is 15.1. The van der Waals surface area contributed by atoms with Gasteiger partial charge >= 0.3 is 0 Å². The third-order valence-corrected chi connectivity index (χ3v) is 5.29. The van der Waals surface area contributed by atoms with Gasteiger partial charge in [0.25, 0.3) is 0 Å². The molecule has 0 aliphatic rings. The molecule has 0 N–H and O–H groups in total. The van der Waals surface area contributed by atoms with Crippen molar-refractivity contribution in [1.29, 1.82) is 0 Å². The predicted molar refractivity (Wildman–Crippen MR) is 109 cm³/mol. The quantitative estimate of drug-likeness (QED) is 0.447. The molecular formula is C22H44N2. The second kappa shape index (κ2) is 13.7. The molecule has 0 spiro atoms. The van der Waals surface area contributed by atoms with Crippen LogP contribution >= 0.6 is 0 Å². The van der Waals surface area contributed by atoms with Crippen LogP contribution < -0.4 is 0 Å². The highest BCUT2D eigenvalue weighted by Gasteiger charge is 2.22. The van der Waals surface area contributed by atoms with Crippen LogP contribution in [0.25, 0.3) is 0 Å². The molecule has 0 saturated heterocycles. The summed E-state index contributed by atoms with van der Waals surface area (Å²) in [5, 5.41) is 0.